The Morgan fingerprint density at radius 2 is 1.08 bits per heavy atom. The van der Waals surface area contributed by atoms with Gasteiger partial charge in [0.2, 0.25) is 3.79 Å². The van der Waals surface area contributed by atoms with Crippen molar-refractivity contribution >= 4 is 47.4 Å². The number of hydrogen-bond acceptors (Lipinski definition) is 2. The van der Waals surface area contributed by atoms with E-state index >= 15 is 0 Å². The normalized spacial score (nSPS) is 6.67. The molecule has 0 spiro atoms. The Hall–Kier alpha value is 0.0900. The molecule has 0 bridgehead atoms. The Kier molecular flexibility index (Phi) is 42.5. The van der Waals surface area contributed by atoms with Crippen molar-refractivity contribution in [3.05, 3.63) is 0 Å². The fourth-order valence-electron chi connectivity index (χ4n) is 0. The quantitative estimate of drug-likeness (QED) is 0.412. The summed E-state index contributed by atoms with van der Waals surface area (Å²) < 4.78 is -1.72. The van der Waals surface area contributed by atoms with Crippen LogP contribution < -0.4 is 0 Å². The van der Waals surface area contributed by atoms with Crippen molar-refractivity contribution in [3.63, 3.8) is 0 Å². The maximum atomic E-state index is 9.43. The highest BCUT2D eigenvalue weighted by atomic mass is 35.6. The summed E-state index contributed by atoms with van der Waals surface area (Å²) in [5.41, 5.74) is 0. The molecule has 0 unspecified atom stereocenters. The van der Waals surface area contributed by atoms with Crippen molar-refractivity contribution in [3.8, 4) is 0 Å². The summed E-state index contributed by atoms with van der Waals surface area (Å²) in [6.07, 6.45) is 0.984. The smallest absolute Gasteiger partial charge is 0.245 e. The summed E-state index contributed by atoms with van der Waals surface area (Å²) in [7, 11) is 0. The van der Waals surface area contributed by atoms with Gasteiger partial charge in [-0.05, 0) is 6.92 Å². The van der Waals surface area contributed by atoms with Crippen LogP contribution in [-0.4, -0.2) is 32.8 Å². The van der Waals surface area contributed by atoms with Crippen molar-refractivity contribution < 1.29 is 26.0 Å². The molecular formula is C4H11Cl3O5. The lowest BCUT2D eigenvalue weighted by Crippen LogP contribution is -2.00. The number of carbonyl (C=O) groups is 2. The first-order valence-corrected chi connectivity index (χ1v) is 3.04. The fourth-order valence-corrected chi connectivity index (χ4v) is 0. The van der Waals surface area contributed by atoms with Crippen molar-refractivity contribution in [1.29, 1.82) is 0 Å². The molecule has 0 atom stereocenters. The first-order chi connectivity index (χ1) is 3.97. The van der Waals surface area contributed by atoms with Gasteiger partial charge in [0.05, 0.1) is 0 Å². The van der Waals surface area contributed by atoms with Crippen LogP contribution in [0.2, 0.25) is 0 Å². The molecule has 0 aromatic rings. The van der Waals surface area contributed by atoms with Crippen molar-refractivity contribution in [2.45, 2.75) is 10.7 Å². The Balaban J connectivity index is -0.0000000246. The number of aldehydes is 2. The molecule has 0 aliphatic heterocycles. The van der Waals surface area contributed by atoms with Crippen LogP contribution in [0.5, 0.6) is 0 Å². The molecule has 5 nitrogen and oxygen atoms in total. The number of hydrogen-bond donors (Lipinski definition) is 0. The second-order valence-electron chi connectivity index (χ2n) is 0.895. The molecule has 0 aliphatic carbocycles. The minimum absolute atomic E-state index is 0. The van der Waals surface area contributed by atoms with Crippen molar-refractivity contribution in [1.82, 2.24) is 0 Å². The zero-order chi connectivity index (χ0) is 7.91. The van der Waals surface area contributed by atoms with E-state index in [-0.39, 0.29) is 22.7 Å². The van der Waals surface area contributed by atoms with E-state index < -0.39 is 3.79 Å². The van der Waals surface area contributed by atoms with Crippen molar-refractivity contribution in [2.24, 2.45) is 0 Å². The number of carbonyl (C=O) groups excluding carboxylic acids is 2. The van der Waals surface area contributed by atoms with Gasteiger partial charge >= 0.3 is 0 Å². The maximum absolute atomic E-state index is 9.43. The fraction of sp³-hybridized carbons (Fsp3) is 0.500. The third kappa shape index (κ3) is 87.3. The predicted octanol–water partition coefficient (Wildman–Crippen LogP) is -0.713. The highest BCUT2D eigenvalue weighted by molar-refractivity contribution is 6.74. The highest BCUT2D eigenvalue weighted by Gasteiger charge is 2.16. The predicted molar refractivity (Wildman–Crippen MR) is 48.9 cm³/mol. The number of alkyl halides is 3. The SMILES string of the molecule is CC=O.O.O.O.O=CC(Cl)(Cl)Cl. The molecular weight excluding hydrogens is 234 g/mol. The first-order valence-electron chi connectivity index (χ1n) is 1.90. The van der Waals surface area contributed by atoms with E-state index in [1.807, 2.05) is 0 Å². The zero-order valence-corrected chi connectivity index (χ0v) is 8.37. The molecule has 0 saturated carbocycles. The van der Waals surface area contributed by atoms with Gasteiger partial charge in [0, 0.05) is 0 Å². The lowest BCUT2D eigenvalue weighted by molar-refractivity contribution is -0.107. The van der Waals surface area contributed by atoms with E-state index in [2.05, 4.69) is 0 Å². The minimum Gasteiger partial charge on any atom is -0.412 e. The Morgan fingerprint density at radius 3 is 1.08 bits per heavy atom. The number of halogens is 3. The van der Waals surface area contributed by atoms with E-state index in [0.29, 0.717) is 0 Å². The first kappa shape index (κ1) is 29.6. The van der Waals surface area contributed by atoms with Crippen LogP contribution in [0.1, 0.15) is 6.92 Å². The zero-order valence-electron chi connectivity index (χ0n) is 6.11. The average molecular weight is 245 g/mol. The lowest BCUT2D eigenvalue weighted by atomic mass is 10.9. The minimum atomic E-state index is -1.72. The van der Waals surface area contributed by atoms with E-state index in [0.717, 1.165) is 6.29 Å². The Bertz CT molecular complexity index is 91.2. The van der Waals surface area contributed by atoms with Crippen LogP contribution in [0.4, 0.5) is 0 Å². The molecule has 0 saturated heterocycles. The van der Waals surface area contributed by atoms with Crippen molar-refractivity contribution in [2.75, 3.05) is 0 Å². The number of rotatable bonds is 0. The van der Waals surface area contributed by atoms with Gasteiger partial charge in [0.15, 0.2) is 6.29 Å². The van der Waals surface area contributed by atoms with Gasteiger partial charge in [-0.25, -0.2) is 0 Å². The van der Waals surface area contributed by atoms with Crippen LogP contribution in [0.25, 0.3) is 0 Å². The van der Waals surface area contributed by atoms with Crippen LogP contribution in [0.15, 0.2) is 0 Å². The highest BCUT2D eigenvalue weighted by Crippen LogP contribution is 2.21. The summed E-state index contributed by atoms with van der Waals surface area (Å²) >= 11 is 14.6. The molecule has 6 N–H and O–H groups in total. The average Bonchev–Trinajstić information content (AvgIpc) is 1.67. The Morgan fingerprint density at radius 1 is 1.00 bits per heavy atom. The maximum Gasteiger partial charge on any atom is 0.245 e. The third-order valence-corrected chi connectivity index (χ3v) is 0.401. The second-order valence-corrected chi connectivity index (χ2v) is 3.26. The molecule has 0 heterocycles. The molecule has 12 heavy (non-hydrogen) atoms. The summed E-state index contributed by atoms with van der Waals surface area (Å²) in [6.45, 7) is 1.44. The van der Waals surface area contributed by atoms with Gasteiger partial charge < -0.3 is 21.2 Å². The van der Waals surface area contributed by atoms with E-state index in [1.165, 1.54) is 6.92 Å². The summed E-state index contributed by atoms with van der Waals surface area (Å²) in [4.78, 5) is 18.2. The topological polar surface area (TPSA) is 129 Å². The molecule has 0 aromatic heterocycles. The molecule has 0 radical (unpaired) electrons. The molecule has 0 aromatic carbocycles. The van der Waals surface area contributed by atoms with Crippen LogP contribution >= 0.6 is 34.8 Å². The van der Waals surface area contributed by atoms with Gasteiger partial charge in [-0.15, -0.1) is 0 Å². The molecule has 8 heteroatoms. The summed E-state index contributed by atoms with van der Waals surface area (Å²) in [6, 6.07) is 0. The molecule has 0 fully saturated rings. The van der Waals surface area contributed by atoms with Gasteiger partial charge in [0.25, 0.3) is 0 Å². The van der Waals surface area contributed by atoms with E-state index in [9.17, 15) is 4.79 Å². The van der Waals surface area contributed by atoms with E-state index in [4.69, 9.17) is 39.6 Å². The van der Waals surface area contributed by atoms with Gasteiger partial charge in [0.1, 0.15) is 6.29 Å². The van der Waals surface area contributed by atoms with Crippen LogP contribution in [-0.2, 0) is 9.59 Å². The van der Waals surface area contributed by atoms with E-state index in [1.54, 1.807) is 0 Å². The lowest BCUT2D eigenvalue weighted by Gasteiger charge is -1.93. The van der Waals surface area contributed by atoms with Gasteiger partial charge in [-0.3, -0.25) is 4.79 Å². The Labute approximate surface area is 84.5 Å². The molecule has 0 amide bonds. The summed E-state index contributed by atoms with van der Waals surface area (Å²) in [5, 5.41) is 0. The van der Waals surface area contributed by atoms with Crippen LogP contribution in [0, 0.1) is 0 Å². The standard InChI is InChI=1S/C2HCl3O.C2H4O.3H2O/c3-2(4,5)1-6;1-2-3;;;/h1H;2H,1H3;3*1H2. The van der Waals surface area contributed by atoms with Gasteiger partial charge in [-0.1, -0.05) is 34.8 Å². The third-order valence-electron chi connectivity index (χ3n) is 0.134. The second kappa shape index (κ2) is 17.3. The molecule has 0 rings (SSSR count). The molecule has 0 aliphatic rings. The van der Waals surface area contributed by atoms with Gasteiger partial charge in [-0.2, -0.15) is 0 Å². The summed E-state index contributed by atoms with van der Waals surface area (Å²) in [5.74, 6) is 0. The monoisotopic (exact) mass is 244 g/mol. The molecule has 78 valence electrons. The van der Waals surface area contributed by atoms with Crippen LogP contribution in [0.3, 0.4) is 0 Å². The largest absolute Gasteiger partial charge is 0.412 e.